The molecule has 0 saturated heterocycles. The van der Waals surface area contributed by atoms with Crippen LogP contribution in [0.5, 0.6) is 0 Å². The summed E-state index contributed by atoms with van der Waals surface area (Å²) in [6.45, 7) is 0.320. The minimum Gasteiger partial charge on any atom is -0.361 e. The molecule has 0 saturated carbocycles. The lowest BCUT2D eigenvalue weighted by Crippen LogP contribution is -2.25. The van der Waals surface area contributed by atoms with E-state index < -0.39 is 17.7 Å². The highest BCUT2D eigenvalue weighted by Crippen LogP contribution is 2.40. The number of aromatic amines is 1. The predicted molar refractivity (Wildman–Crippen MR) is 125 cm³/mol. The number of hydrogen-bond acceptors (Lipinski definition) is 1. The third-order valence-electron chi connectivity index (χ3n) is 5.47. The van der Waals surface area contributed by atoms with Crippen molar-refractivity contribution in [2.75, 3.05) is 0 Å². The minimum atomic E-state index is -4.61. The van der Waals surface area contributed by atoms with Gasteiger partial charge in [0.05, 0.1) is 10.6 Å². The Balaban J connectivity index is 1.71. The van der Waals surface area contributed by atoms with E-state index in [-0.39, 0.29) is 17.4 Å². The van der Waals surface area contributed by atoms with Crippen molar-refractivity contribution in [2.45, 2.75) is 25.1 Å². The zero-order valence-electron chi connectivity index (χ0n) is 17.2. The largest absolute Gasteiger partial charge is 0.417 e. The third kappa shape index (κ3) is 5.34. The van der Waals surface area contributed by atoms with Crippen LogP contribution in [0.1, 0.15) is 34.6 Å². The molecule has 0 aliphatic heterocycles. The number of nitrogens with one attached hydrogen (secondary N) is 2. The fourth-order valence-electron chi connectivity index (χ4n) is 3.84. The van der Waals surface area contributed by atoms with Gasteiger partial charge in [0.25, 0.3) is 0 Å². The normalized spacial score (nSPS) is 12.6. The average molecular weight is 491 g/mol. The van der Waals surface area contributed by atoms with Gasteiger partial charge in [0.2, 0.25) is 5.91 Å². The van der Waals surface area contributed by atoms with Gasteiger partial charge in [-0.05, 0) is 47.0 Å². The van der Waals surface area contributed by atoms with E-state index in [0.29, 0.717) is 22.7 Å². The van der Waals surface area contributed by atoms with Crippen molar-refractivity contribution in [3.8, 4) is 0 Å². The van der Waals surface area contributed by atoms with Gasteiger partial charge in [0.15, 0.2) is 0 Å². The van der Waals surface area contributed by atoms with Gasteiger partial charge in [0.1, 0.15) is 0 Å². The van der Waals surface area contributed by atoms with Crippen LogP contribution in [0.15, 0.2) is 72.9 Å². The molecule has 0 bridgehead atoms. The summed E-state index contributed by atoms with van der Waals surface area (Å²) in [5.41, 5.74) is 1.77. The highest BCUT2D eigenvalue weighted by molar-refractivity contribution is 6.31. The Kier molecular flexibility index (Phi) is 6.68. The maximum Gasteiger partial charge on any atom is 0.417 e. The van der Waals surface area contributed by atoms with Crippen molar-refractivity contribution >= 4 is 40.0 Å². The van der Waals surface area contributed by atoms with Crippen LogP contribution in [-0.4, -0.2) is 10.9 Å². The van der Waals surface area contributed by atoms with Crippen LogP contribution in [0, 0.1) is 0 Å². The van der Waals surface area contributed by atoms with Gasteiger partial charge < -0.3 is 10.3 Å². The fraction of sp³-hybridized carbons (Fsp3) is 0.160. The molecule has 1 atom stereocenters. The number of amides is 1. The number of aromatic nitrogens is 1. The topological polar surface area (TPSA) is 44.9 Å². The van der Waals surface area contributed by atoms with Crippen LogP contribution in [0.4, 0.5) is 13.2 Å². The molecule has 33 heavy (non-hydrogen) atoms. The second kappa shape index (κ2) is 9.49. The molecule has 0 radical (unpaired) electrons. The van der Waals surface area contributed by atoms with Crippen molar-refractivity contribution < 1.29 is 18.0 Å². The van der Waals surface area contributed by atoms with E-state index in [1.807, 2.05) is 30.3 Å². The Morgan fingerprint density at radius 3 is 2.48 bits per heavy atom. The molecule has 1 amide bonds. The standard InChI is InChI=1S/C25H19Cl2F3N2O/c26-17-7-9-23-19(11-17)20(14-31-23)18(12-24(33)32-13-15-4-2-1-3-5-15)16-6-8-22(27)21(10-16)25(28,29)30/h1-11,14,18,31H,12-13H2,(H,32,33). The molecule has 170 valence electrons. The smallest absolute Gasteiger partial charge is 0.361 e. The number of carbonyl (C=O) groups excluding carboxylic acids is 1. The third-order valence-corrected chi connectivity index (χ3v) is 6.04. The first kappa shape index (κ1) is 23.2. The van der Waals surface area contributed by atoms with E-state index in [4.69, 9.17) is 23.2 Å². The molecule has 2 N–H and O–H groups in total. The molecular weight excluding hydrogens is 472 g/mol. The molecule has 0 spiro atoms. The zero-order valence-corrected chi connectivity index (χ0v) is 18.7. The predicted octanol–water partition coefficient (Wildman–Crippen LogP) is 7.33. The van der Waals surface area contributed by atoms with Gasteiger partial charge in [-0.25, -0.2) is 0 Å². The summed E-state index contributed by atoms with van der Waals surface area (Å²) in [5.74, 6) is -0.935. The van der Waals surface area contributed by atoms with Crippen LogP contribution in [-0.2, 0) is 17.5 Å². The first-order valence-corrected chi connectivity index (χ1v) is 10.9. The average Bonchev–Trinajstić information content (AvgIpc) is 3.19. The Morgan fingerprint density at radius 2 is 1.76 bits per heavy atom. The lowest BCUT2D eigenvalue weighted by atomic mass is 9.87. The summed E-state index contributed by atoms with van der Waals surface area (Å²) < 4.78 is 40.6. The lowest BCUT2D eigenvalue weighted by Gasteiger charge is -2.19. The molecule has 4 rings (SSSR count). The van der Waals surface area contributed by atoms with Crippen LogP contribution in [0.3, 0.4) is 0 Å². The van der Waals surface area contributed by atoms with Gasteiger partial charge in [-0.3, -0.25) is 4.79 Å². The Morgan fingerprint density at radius 1 is 1.00 bits per heavy atom. The Hall–Kier alpha value is -2.96. The molecule has 1 heterocycles. The minimum absolute atomic E-state index is 0.0504. The molecule has 0 aliphatic rings. The van der Waals surface area contributed by atoms with E-state index in [9.17, 15) is 18.0 Å². The van der Waals surface area contributed by atoms with Gasteiger partial charge in [0, 0.05) is 41.0 Å². The van der Waals surface area contributed by atoms with Crippen LogP contribution in [0.25, 0.3) is 10.9 Å². The van der Waals surface area contributed by atoms with Crippen molar-refractivity contribution in [3.63, 3.8) is 0 Å². The van der Waals surface area contributed by atoms with Crippen molar-refractivity contribution in [1.29, 1.82) is 0 Å². The number of hydrogen-bond donors (Lipinski definition) is 2. The highest BCUT2D eigenvalue weighted by atomic mass is 35.5. The lowest BCUT2D eigenvalue weighted by molar-refractivity contribution is -0.137. The van der Waals surface area contributed by atoms with Gasteiger partial charge in [-0.1, -0.05) is 59.6 Å². The molecular formula is C25H19Cl2F3N2O. The number of halogens is 5. The van der Waals surface area contributed by atoms with Crippen LogP contribution < -0.4 is 5.32 Å². The number of alkyl halides is 3. The second-order valence-corrected chi connectivity index (χ2v) is 8.53. The van der Waals surface area contributed by atoms with Crippen molar-refractivity contribution in [3.05, 3.63) is 105 Å². The monoisotopic (exact) mass is 490 g/mol. The Labute approximate surface area is 198 Å². The highest BCUT2D eigenvalue weighted by Gasteiger charge is 2.34. The number of carbonyl (C=O) groups is 1. The molecule has 8 heteroatoms. The molecule has 1 unspecified atom stereocenters. The summed E-state index contributed by atoms with van der Waals surface area (Å²) in [7, 11) is 0. The van der Waals surface area contributed by atoms with Crippen LogP contribution in [0.2, 0.25) is 10.0 Å². The molecule has 3 aromatic carbocycles. The van der Waals surface area contributed by atoms with E-state index in [0.717, 1.165) is 22.5 Å². The number of rotatable bonds is 6. The molecule has 3 nitrogen and oxygen atoms in total. The summed E-state index contributed by atoms with van der Waals surface area (Å²) >= 11 is 12.0. The maximum atomic E-state index is 13.5. The van der Waals surface area contributed by atoms with Crippen molar-refractivity contribution in [1.82, 2.24) is 10.3 Å². The first-order valence-electron chi connectivity index (χ1n) is 10.2. The van der Waals surface area contributed by atoms with Gasteiger partial charge in [-0.2, -0.15) is 13.2 Å². The van der Waals surface area contributed by atoms with E-state index >= 15 is 0 Å². The van der Waals surface area contributed by atoms with E-state index in [1.54, 1.807) is 24.4 Å². The number of H-pyrrole nitrogens is 1. The summed E-state index contributed by atoms with van der Waals surface area (Å²) in [6.07, 6.45) is -2.96. The molecule has 0 aliphatic carbocycles. The molecule has 1 aromatic heterocycles. The molecule has 0 fully saturated rings. The second-order valence-electron chi connectivity index (χ2n) is 7.69. The number of fused-ring (bicyclic) bond motifs is 1. The summed E-state index contributed by atoms with van der Waals surface area (Å²) in [5, 5.41) is 3.70. The van der Waals surface area contributed by atoms with Crippen LogP contribution >= 0.6 is 23.2 Å². The van der Waals surface area contributed by atoms with Crippen molar-refractivity contribution in [2.24, 2.45) is 0 Å². The van der Waals surface area contributed by atoms with E-state index in [1.165, 1.54) is 12.1 Å². The van der Waals surface area contributed by atoms with Gasteiger partial charge >= 0.3 is 6.18 Å². The fourth-order valence-corrected chi connectivity index (χ4v) is 4.24. The maximum absolute atomic E-state index is 13.5. The summed E-state index contributed by atoms with van der Waals surface area (Å²) in [4.78, 5) is 16.0. The quantitative estimate of drug-likeness (QED) is 0.292. The van der Waals surface area contributed by atoms with E-state index in [2.05, 4.69) is 10.3 Å². The first-order chi connectivity index (χ1) is 15.7. The van der Waals surface area contributed by atoms with Gasteiger partial charge in [-0.15, -0.1) is 0 Å². The Bertz CT molecular complexity index is 1290. The summed E-state index contributed by atoms with van der Waals surface area (Å²) in [6, 6.07) is 18.4. The molecule has 4 aromatic rings. The number of benzene rings is 3. The zero-order chi connectivity index (χ0) is 23.6. The SMILES string of the molecule is O=C(CC(c1ccc(Cl)c(C(F)(F)F)c1)c1c[nH]c2ccc(Cl)cc12)NCc1ccccc1.